The number of anilines is 1. The van der Waals surface area contributed by atoms with Crippen molar-refractivity contribution < 1.29 is 0 Å². The van der Waals surface area contributed by atoms with Gasteiger partial charge in [0.1, 0.15) is 0 Å². The van der Waals surface area contributed by atoms with E-state index in [1.54, 1.807) is 0 Å². The lowest BCUT2D eigenvalue weighted by Crippen LogP contribution is -2.53. The van der Waals surface area contributed by atoms with Crippen LogP contribution in [0, 0.1) is 11.3 Å². The third-order valence-corrected chi connectivity index (χ3v) is 8.19. The second kappa shape index (κ2) is 9.96. The Kier molecular flexibility index (Phi) is 6.79. The van der Waals surface area contributed by atoms with Crippen molar-refractivity contribution in [3.63, 3.8) is 0 Å². The number of fused-ring (bicyclic) bond motifs is 1. The Hall–Kier alpha value is -2.58. The first-order chi connectivity index (χ1) is 16.5. The molecule has 1 fully saturated rings. The Balaban J connectivity index is 1.37. The predicted octanol–water partition coefficient (Wildman–Crippen LogP) is 6.99. The van der Waals surface area contributed by atoms with Crippen LogP contribution >= 0.6 is 0 Å². The van der Waals surface area contributed by atoms with Gasteiger partial charge in [-0.2, -0.15) is 0 Å². The lowest BCUT2D eigenvalue weighted by molar-refractivity contribution is -0.000427. The van der Waals surface area contributed by atoms with Crippen molar-refractivity contribution in [3.8, 4) is 0 Å². The average Bonchev–Trinajstić information content (AvgIpc) is 3.25. The van der Waals surface area contributed by atoms with Crippen molar-refractivity contribution in [2.75, 3.05) is 18.0 Å². The standard InChI is InChI=1S/C32H40N2/c1-25-22-32(2,3)31(33(23-25)24-26-12-6-4-7-13-26)18-19-34(29-16-8-5-9-17-29)30-20-27-14-10-11-15-28(27)21-30/h4-17,25,30-31H,18-24H2,1-3H3. The highest BCUT2D eigenvalue weighted by molar-refractivity contribution is 5.49. The van der Waals surface area contributed by atoms with Gasteiger partial charge in [-0.05, 0) is 65.8 Å². The third-order valence-electron chi connectivity index (χ3n) is 8.19. The summed E-state index contributed by atoms with van der Waals surface area (Å²) in [6.07, 6.45) is 4.82. The number of hydrogen-bond acceptors (Lipinski definition) is 2. The fraction of sp³-hybridized carbons (Fsp3) is 0.438. The molecule has 2 unspecified atom stereocenters. The molecule has 1 saturated heterocycles. The minimum atomic E-state index is 0.313. The van der Waals surface area contributed by atoms with Crippen molar-refractivity contribution >= 4 is 5.69 Å². The average molecular weight is 453 g/mol. The van der Waals surface area contributed by atoms with Crippen LogP contribution in [0.25, 0.3) is 0 Å². The van der Waals surface area contributed by atoms with Gasteiger partial charge >= 0.3 is 0 Å². The van der Waals surface area contributed by atoms with Gasteiger partial charge < -0.3 is 4.90 Å². The quantitative estimate of drug-likeness (QED) is 0.381. The van der Waals surface area contributed by atoms with Gasteiger partial charge in [-0.25, -0.2) is 0 Å². The van der Waals surface area contributed by atoms with Crippen LogP contribution < -0.4 is 4.90 Å². The molecule has 1 aliphatic carbocycles. The minimum absolute atomic E-state index is 0.313. The molecule has 0 bridgehead atoms. The summed E-state index contributed by atoms with van der Waals surface area (Å²) in [5, 5.41) is 0. The van der Waals surface area contributed by atoms with Gasteiger partial charge in [0.2, 0.25) is 0 Å². The fourth-order valence-corrected chi connectivity index (χ4v) is 6.85. The number of benzene rings is 3. The van der Waals surface area contributed by atoms with E-state index in [-0.39, 0.29) is 0 Å². The van der Waals surface area contributed by atoms with Gasteiger partial charge in [0.25, 0.3) is 0 Å². The van der Waals surface area contributed by atoms with Crippen molar-refractivity contribution in [1.29, 1.82) is 0 Å². The highest BCUT2D eigenvalue weighted by atomic mass is 15.2. The molecule has 2 heteroatoms. The lowest BCUT2D eigenvalue weighted by Gasteiger charge is -2.50. The minimum Gasteiger partial charge on any atom is -0.368 e. The number of nitrogens with zero attached hydrogens (tertiary/aromatic N) is 2. The molecule has 5 rings (SSSR count). The summed E-state index contributed by atoms with van der Waals surface area (Å²) >= 11 is 0. The number of piperidine rings is 1. The molecule has 0 radical (unpaired) electrons. The van der Waals surface area contributed by atoms with Crippen LogP contribution in [-0.2, 0) is 19.4 Å². The zero-order chi connectivity index (χ0) is 23.5. The van der Waals surface area contributed by atoms with E-state index in [0.29, 0.717) is 17.5 Å². The van der Waals surface area contributed by atoms with E-state index in [4.69, 9.17) is 0 Å². The number of likely N-dealkylation sites (tertiary alicyclic amines) is 1. The molecule has 34 heavy (non-hydrogen) atoms. The van der Waals surface area contributed by atoms with E-state index >= 15 is 0 Å². The van der Waals surface area contributed by atoms with Crippen LogP contribution in [0.2, 0.25) is 0 Å². The maximum Gasteiger partial charge on any atom is 0.0370 e. The number of hydrogen-bond donors (Lipinski definition) is 0. The Bertz CT molecular complexity index is 1030. The molecule has 3 aromatic rings. The van der Waals surface area contributed by atoms with Gasteiger partial charge in [0, 0.05) is 37.4 Å². The SMILES string of the molecule is CC1CN(Cc2ccccc2)C(CCN(c2ccccc2)C2Cc3ccccc3C2)C(C)(C)C1. The summed E-state index contributed by atoms with van der Waals surface area (Å²) in [5.74, 6) is 0.740. The Morgan fingerprint density at radius 1 is 0.824 bits per heavy atom. The summed E-state index contributed by atoms with van der Waals surface area (Å²) < 4.78 is 0. The molecule has 0 saturated carbocycles. The van der Waals surface area contributed by atoms with E-state index in [1.807, 2.05) is 0 Å². The third kappa shape index (κ3) is 5.08. The molecular weight excluding hydrogens is 412 g/mol. The summed E-state index contributed by atoms with van der Waals surface area (Å²) in [6, 6.07) is 32.4. The van der Waals surface area contributed by atoms with E-state index in [1.165, 1.54) is 41.8 Å². The van der Waals surface area contributed by atoms with Crippen molar-refractivity contribution in [1.82, 2.24) is 4.90 Å². The molecule has 0 N–H and O–H groups in total. The second-order valence-electron chi connectivity index (χ2n) is 11.4. The molecule has 178 valence electrons. The highest BCUT2D eigenvalue weighted by Crippen LogP contribution is 2.41. The summed E-state index contributed by atoms with van der Waals surface area (Å²) in [4.78, 5) is 5.50. The van der Waals surface area contributed by atoms with Crippen LogP contribution in [-0.4, -0.2) is 30.1 Å². The molecule has 3 aromatic carbocycles. The predicted molar refractivity (Wildman–Crippen MR) is 144 cm³/mol. The summed E-state index contributed by atoms with van der Waals surface area (Å²) in [6.45, 7) is 10.8. The zero-order valence-electron chi connectivity index (χ0n) is 21.2. The monoisotopic (exact) mass is 452 g/mol. The van der Waals surface area contributed by atoms with Crippen LogP contribution in [0.5, 0.6) is 0 Å². The summed E-state index contributed by atoms with van der Waals surface area (Å²) in [7, 11) is 0. The van der Waals surface area contributed by atoms with Crippen LogP contribution in [0.1, 0.15) is 50.3 Å². The molecule has 1 heterocycles. The molecular formula is C32H40N2. The van der Waals surface area contributed by atoms with Crippen LogP contribution in [0.4, 0.5) is 5.69 Å². The molecule has 0 spiro atoms. The van der Waals surface area contributed by atoms with Gasteiger partial charge in [-0.1, -0.05) is 93.6 Å². The molecule has 0 aromatic heterocycles. The van der Waals surface area contributed by atoms with Crippen molar-refractivity contribution in [3.05, 3.63) is 102 Å². The zero-order valence-corrected chi connectivity index (χ0v) is 21.2. The van der Waals surface area contributed by atoms with Gasteiger partial charge in [0.05, 0.1) is 0 Å². The Morgan fingerprint density at radius 2 is 1.41 bits per heavy atom. The van der Waals surface area contributed by atoms with Crippen molar-refractivity contribution in [2.45, 2.75) is 65.1 Å². The normalized spacial score (nSPS) is 22.4. The molecule has 2 aliphatic rings. The van der Waals surface area contributed by atoms with E-state index in [0.717, 1.165) is 31.8 Å². The maximum absolute atomic E-state index is 2.79. The molecule has 2 atom stereocenters. The Morgan fingerprint density at radius 3 is 2.06 bits per heavy atom. The molecule has 1 aliphatic heterocycles. The van der Waals surface area contributed by atoms with Gasteiger partial charge in [-0.15, -0.1) is 0 Å². The smallest absolute Gasteiger partial charge is 0.0370 e. The largest absolute Gasteiger partial charge is 0.368 e. The first-order valence-corrected chi connectivity index (χ1v) is 13.2. The van der Waals surface area contributed by atoms with Crippen molar-refractivity contribution in [2.24, 2.45) is 11.3 Å². The molecule has 0 amide bonds. The van der Waals surface area contributed by atoms with Crippen LogP contribution in [0.15, 0.2) is 84.9 Å². The van der Waals surface area contributed by atoms with E-state index in [9.17, 15) is 0 Å². The highest BCUT2D eigenvalue weighted by Gasteiger charge is 2.40. The summed E-state index contributed by atoms with van der Waals surface area (Å²) in [5.41, 5.74) is 6.19. The maximum atomic E-state index is 2.79. The number of rotatable bonds is 7. The van der Waals surface area contributed by atoms with E-state index in [2.05, 4.69) is 116 Å². The first kappa shape index (κ1) is 23.2. The topological polar surface area (TPSA) is 6.48 Å². The van der Waals surface area contributed by atoms with Gasteiger partial charge in [0.15, 0.2) is 0 Å². The van der Waals surface area contributed by atoms with Crippen LogP contribution in [0.3, 0.4) is 0 Å². The lowest BCUT2D eigenvalue weighted by atomic mass is 9.71. The fourth-order valence-electron chi connectivity index (χ4n) is 6.85. The first-order valence-electron chi connectivity index (χ1n) is 13.2. The van der Waals surface area contributed by atoms with E-state index < -0.39 is 0 Å². The Labute approximate surface area is 206 Å². The van der Waals surface area contributed by atoms with Gasteiger partial charge in [-0.3, -0.25) is 4.90 Å². The molecule has 2 nitrogen and oxygen atoms in total. The number of para-hydroxylation sites is 1. The second-order valence-corrected chi connectivity index (χ2v) is 11.4.